The van der Waals surface area contributed by atoms with Crippen molar-refractivity contribution in [1.82, 2.24) is 15.0 Å². The maximum absolute atomic E-state index is 9.36. The van der Waals surface area contributed by atoms with Gasteiger partial charge in [0, 0.05) is 43.8 Å². The zero-order chi connectivity index (χ0) is 34.3. The molecule has 0 fully saturated rings. The fraction of sp³-hybridized carbons (Fsp3) is 0. The molecule has 0 aliphatic heterocycles. The van der Waals surface area contributed by atoms with Gasteiger partial charge in [-0.3, -0.25) is 0 Å². The lowest BCUT2D eigenvalue weighted by Crippen LogP contribution is -2.00. The molecule has 0 saturated carbocycles. The van der Waals surface area contributed by atoms with Gasteiger partial charge in [-0.25, -0.2) is 15.0 Å². The zero-order valence-electron chi connectivity index (χ0n) is 29.0. The Kier molecular flexibility index (Phi) is 4.25. The minimum absolute atomic E-state index is 0.0227. The molecule has 9 aromatic rings. The van der Waals surface area contributed by atoms with Crippen molar-refractivity contribution in [2.75, 3.05) is 0 Å². The molecule has 206 valence electrons. The fourth-order valence-electron chi connectivity index (χ4n) is 5.53. The second-order valence-electron chi connectivity index (χ2n) is 10.4. The van der Waals surface area contributed by atoms with E-state index in [0.29, 0.717) is 39.5 Å². The Morgan fingerprint density at radius 1 is 0.455 bits per heavy atom. The highest BCUT2D eigenvalue weighted by molar-refractivity contribution is 6.12. The van der Waals surface area contributed by atoms with E-state index >= 15 is 0 Å². The topological polar surface area (TPSA) is 65.0 Å². The Hall–Kier alpha value is -6.07. The maximum Gasteiger partial charge on any atom is 0.164 e. The van der Waals surface area contributed by atoms with Crippen LogP contribution in [0.4, 0.5) is 0 Å². The number of fused-ring (bicyclic) bond motifs is 6. The van der Waals surface area contributed by atoms with E-state index in [-0.39, 0.29) is 75.1 Å². The van der Waals surface area contributed by atoms with Gasteiger partial charge in [0.1, 0.15) is 22.3 Å². The van der Waals surface area contributed by atoms with Gasteiger partial charge < -0.3 is 8.83 Å². The van der Waals surface area contributed by atoms with Crippen LogP contribution in [0.1, 0.15) is 8.22 Å². The summed E-state index contributed by atoms with van der Waals surface area (Å²) in [5.41, 5.74) is 3.56. The fourth-order valence-corrected chi connectivity index (χ4v) is 5.53. The number of nitrogens with zero attached hydrogens (tertiary/aromatic N) is 3. The average molecular weight is 572 g/mol. The molecule has 0 spiro atoms. The first-order chi connectivity index (χ1) is 24.3. The second-order valence-corrected chi connectivity index (χ2v) is 10.4. The summed E-state index contributed by atoms with van der Waals surface area (Å²) in [6.45, 7) is 0. The third-order valence-electron chi connectivity index (χ3n) is 7.65. The summed E-state index contributed by atoms with van der Waals surface area (Å²) in [4.78, 5) is 14.1. The van der Waals surface area contributed by atoms with Crippen molar-refractivity contribution < 1.29 is 17.1 Å². The van der Waals surface area contributed by atoms with Crippen molar-refractivity contribution in [3.8, 4) is 45.3 Å². The number of rotatable bonds is 4. The molecule has 5 heteroatoms. The number of para-hydroxylation sites is 2. The molecule has 3 aromatic heterocycles. The van der Waals surface area contributed by atoms with Gasteiger partial charge >= 0.3 is 0 Å². The molecule has 44 heavy (non-hydrogen) atoms. The van der Waals surface area contributed by atoms with Gasteiger partial charge in [0.15, 0.2) is 17.5 Å². The van der Waals surface area contributed by atoms with Gasteiger partial charge in [0.2, 0.25) is 0 Å². The van der Waals surface area contributed by atoms with Crippen LogP contribution < -0.4 is 0 Å². The van der Waals surface area contributed by atoms with E-state index in [9.17, 15) is 2.74 Å². The normalized spacial score (nSPS) is 13.5. The Balaban J connectivity index is 1.33. The number of hydrogen-bond donors (Lipinski definition) is 0. The van der Waals surface area contributed by atoms with E-state index in [0.717, 1.165) is 10.8 Å². The van der Waals surface area contributed by atoms with Gasteiger partial charge in [-0.15, -0.1) is 0 Å². The summed E-state index contributed by atoms with van der Waals surface area (Å²) in [6, 6.07) is 29.9. The molecule has 0 bridgehead atoms. The largest absolute Gasteiger partial charge is 0.456 e. The molecule has 0 amide bonds. The number of benzene rings is 6. The molecule has 0 radical (unpaired) electrons. The van der Waals surface area contributed by atoms with Crippen LogP contribution in [-0.2, 0) is 0 Å². The maximum atomic E-state index is 9.36. The molecule has 0 saturated heterocycles. The lowest BCUT2D eigenvalue weighted by molar-refractivity contribution is 0.668. The Morgan fingerprint density at radius 3 is 1.86 bits per heavy atom. The smallest absolute Gasteiger partial charge is 0.164 e. The molecule has 9 rings (SSSR count). The summed E-state index contributed by atoms with van der Waals surface area (Å²) in [5.74, 6) is 0.690. The van der Waals surface area contributed by atoms with E-state index in [1.165, 1.54) is 0 Å². The van der Waals surface area contributed by atoms with E-state index < -0.39 is 0 Å². The molecule has 0 N–H and O–H groups in total. The van der Waals surface area contributed by atoms with Gasteiger partial charge in [0.25, 0.3) is 0 Å². The molecular weight excluding hydrogens is 542 g/mol. The molecule has 3 heterocycles. The van der Waals surface area contributed by atoms with Crippen LogP contribution in [0.5, 0.6) is 0 Å². The van der Waals surface area contributed by atoms with Crippen LogP contribution in [0.25, 0.3) is 89.2 Å². The zero-order valence-corrected chi connectivity index (χ0v) is 23.0. The number of aromatic nitrogens is 3. The van der Waals surface area contributed by atoms with Crippen molar-refractivity contribution in [3.05, 3.63) is 139 Å². The first-order valence-electron chi connectivity index (χ1n) is 17.0. The lowest BCUT2D eigenvalue weighted by atomic mass is 10.00. The summed E-state index contributed by atoms with van der Waals surface area (Å²) >= 11 is 0. The van der Waals surface area contributed by atoms with Crippen molar-refractivity contribution in [2.45, 2.75) is 0 Å². The molecular formula is C39H23N3O2. The van der Waals surface area contributed by atoms with E-state index in [2.05, 4.69) is 9.97 Å². The van der Waals surface area contributed by atoms with Gasteiger partial charge in [0.05, 0.1) is 8.22 Å². The predicted molar refractivity (Wildman–Crippen MR) is 176 cm³/mol. The van der Waals surface area contributed by atoms with Gasteiger partial charge in [-0.1, -0.05) is 109 Å². The van der Waals surface area contributed by atoms with E-state index in [4.69, 9.17) is 19.3 Å². The third kappa shape index (κ3) is 3.98. The number of hydrogen-bond acceptors (Lipinski definition) is 5. The summed E-state index contributed by atoms with van der Waals surface area (Å²) in [5, 5.41) is 1.83. The van der Waals surface area contributed by atoms with Crippen molar-refractivity contribution in [3.63, 3.8) is 0 Å². The molecule has 0 aliphatic rings. The first-order valence-corrected chi connectivity index (χ1v) is 14.0. The SMILES string of the molecule is [2H]c1c([2H])c([2H])c2c(oc3c([2H])c(-c4nc(-c5ccccc5)nc(-c5ccccc5)n4)c([2H])c([2H])c32)c1-c1ccc2oc3ccccc3c2c1. The van der Waals surface area contributed by atoms with Crippen molar-refractivity contribution in [1.29, 1.82) is 0 Å². The highest BCUT2D eigenvalue weighted by Crippen LogP contribution is 2.39. The molecule has 0 unspecified atom stereocenters. The molecule has 5 nitrogen and oxygen atoms in total. The average Bonchev–Trinajstić information content (AvgIpc) is 3.73. The van der Waals surface area contributed by atoms with Crippen LogP contribution >= 0.6 is 0 Å². The summed E-state index contributed by atoms with van der Waals surface area (Å²) < 4.78 is 66.7. The highest BCUT2D eigenvalue weighted by Gasteiger charge is 2.17. The van der Waals surface area contributed by atoms with Crippen LogP contribution in [0, 0.1) is 0 Å². The monoisotopic (exact) mass is 571 g/mol. The molecule has 0 aliphatic carbocycles. The predicted octanol–water partition coefficient (Wildman–Crippen LogP) is 10.3. The standard InChI is InChI=1S/C39H23N3O2/c1-3-10-24(11-4-1)37-40-38(25-12-5-2-6-13-25)42-39(41-37)27-18-20-30-31-16-9-15-28(36(31)44-35(30)23-27)26-19-21-34-32(22-26)29-14-7-8-17-33(29)43-34/h1-23H/i9D,15D,16D,18D,20D,23D. The summed E-state index contributed by atoms with van der Waals surface area (Å²) in [7, 11) is 0. The Bertz CT molecular complexity index is 2780. The molecule has 0 atom stereocenters. The Morgan fingerprint density at radius 2 is 1.11 bits per heavy atom. The van der Waals surface area contributed by atoms with Crippen LogP contribution in [0.2, 0.25) is 0 Å². The second kappa shape index (κ2) is 9.75. The minimum Gasteiger partial charge on any atom is -0.456 e. The van der Waals surface area contributed by atoms with Gasteiger partial charge in [-0.2, -0.15) is 0 Å². The van der Waals surface area contributed by atoms with Crippen LogP contribution in [0.15, 0.2) is 148 Å². The molecule has 6 aromatic carbocycles. The highest BCUT2D eigenvalue weighted by atomic mass is 16.3. The third-order valence-corrected chi connectivity index (χ3v) is 7.65. The van der Waals surface area contributed by atoms with E-state index in [1.807, 2.05) is 91.0 Å². The Labute approximate surface area is 260 Å². The van der Waals surface area contributed by atoms with Crippen LogP contribution in [0.3, 0.4) is 0 Å². The van der Waals surface area contributed by atoms with Crippen molar-refractivity contribution >= 4 is 43.9 Å². The van der Waals surface area contributed by atoms with Crippen LogP contribution in [-0.4, -0.2) is 15.0 Å². The van der Waals surface area contributed by atoms with E-state index in [1.54, 1.807) is 12.1 Å². The minimum atomic E-state index is -0.355. The van der Waals surface area contributed by atoms with Crippen molar-refractivity contribution in [2.24, 2.45) is 0 Å². The lowest BCUT2D eigenvalue weighted by Gasteiger charge is -2.08. The summed E-state index contributed by atoms with van der Waals surface area (Å²) in [6.07, 6.45) is 0. The number of furan rings is 2. The van der Waals surface area contributed by atoms with Gasteiger partial charge in [-0.05, 0) is 35.8 Å². The quantitative estimate of drug-likeness (QED) is 0.210. The first kappa shape index (κ1) is 19.2.